The summed E-state index contributed by atoms with van der Waals surface area (Å²) in [6.45, 7) is 0.733. The molecule has 1 fully saturated rings. The lowest BCUT2D eigenvalue weighted by Crippen LogP contribution is -2.09. The Morgan fingerprint density at radius 3 is 2.44 bits per heavy atom. The maximum atomic E-state index is 5.75. The zero-order chi connectivity index (χ0) is 12.0. The van der Waals surface area contributed by atoms with Crippen molar-refractivity contribution in [2.75, 3.05) is 6.61 Å². The lowest BCUT2D eigenvalue weighted by atomic mass is 10.0. The van der Waals surface area contributed by atoms with Crippen molar-refractivity contribution in [3.63, 3.8) is 0 Å². The molecule has 1 unspecified atom stereocenters. The van der Waals surface area contributed by atoms with Crippen molar-refractivity contribution in [3.8, 4) is 0 Å². The topological polar surface area (TPSA) is 25.4 Å². The molecule has 0 saturated carbocycles. The van der Waals surface area contributed by atoms with Gasteiger partial charge in [-0.25, -0.2) is 4.98 Å². The number of epoxide rings is 1. The van der Waals surface area contributed by atoms with E-state index in [2.05, 4.69) is 24.3 Å². The summed E-state index contributed by atoms with van der Waals surface area (Å²) in [5.74, 6) is 0. The summed E-state index contributed by atoms with van der Waals surface area (Å²) >= 11 is 1.73. The van der Waals surface area contributed by atoms with Crippen LogP contribution in [0.5, 0.6) is 0 Å². The average molecular weight is 253 g/mol. The number of rotatable bonds is 2. The highest BCUT2D eigenvalue weighted by molar-refractivity contribution is 7.18. The van der Waals surface area contributed by atoms with Gasteiger partial charge in [-0.15, -0.1) is 11.3 Å². The van der Waals surface area contributed by atoms with Crippen LogP contribution in [0.3, 0.4) is 0 Å². The van der Waals surface area contributed by atoms with Crippen molar-refractivity contribution in [2.24, 2.45) is 0 Å². The Bertz CT molecular complexity index is 668. The second-order valence-corrected chi connectivity index (χ2v) is 5.50. The number of ether oxygens (including phenoxy) is 1. The van der Waals surface area contributed by atoms with Gasteiger partial charge in [-0.3, -0.25) is 0 Å². The van der Waals surface area contributed by atoms with Crippen LogP contribution in [-0.2, 0) is 10.3 Å². The first-order chi connectivity index (χ1) is 8.88. The average Bonchev–Trinajstić information content (AvgIpc) is 3.13. The number of fused-ring (bicyclic) bond motifs is 1. The number of benzene rings is 2. The summed E-state index contributed by atoms with van der Waals surface area (Å²) in [4.78, 5) is 4.72. The van der Waals surface area contributed by atoms with E-state index in [4.69, 9.17) is 9.72 Å². The minimum atomic E-state index is -0.287. The Labute approximate surface area is 109 Å². The summed E-state index contributed by atoms with van der Waals surface area (Å²) < 4.78 is 6.97. The van der Waals surface area contributed by atoms with E-state index >= 15 is 0 Å². The maximum absolute atomic E-state index is 5.75. The van der Waals surface area contributed by atoms with Crippen molar-refractivity contribution in [2.45, 2.75) is 5.60 Å². The van der Waals surface area contributed by atoms with E-state index in [0.717, 1.165) is 17.1 Å². The van der Waals surface area contributed by atoms with Crippen molar-refractivity contribution in [1.82, 2.24) is 4.98 Å². The van der Waals surface area contributed by atoms with E-state index in [-0.39, 0.29) is 5.60 Å². The summed E-state index contributed by atoms with van der Waals surface area (Å²) in [5, 5.41) is 1.06. The predicted octanol–water partition coefficient (Wildman–Crippen LogP) is 3.57. The Balaban J connectivity index is 1.87. The molecule has 0 bridgehead atoms. The molecule has 1 saturated heterocycles. The third-order valence-electron chi connectivity index (χ3n) is 3.31. The van der Waals surface area contributed by atoms with Gasteiger partial charge in [-0.2, -0.15) is 0 Å². The summed E-state index contributed by atoms with van der Waals surface area (Å²) in [6.07, 6.45) is 0. The Morgan fingerprint density at radius 1 is 1.00 bits per heavy atom. The van der Waals surface area contributed by atoms with Crippen LogP contribution in [0.2, 0.25) is 0 Å². The van der Waals surface area contributed by atoms with Crippen LogP contribution in [-0.4, -0.2) is 11.6 Å². The molecule has 1 atom stereocenters. The molecule has 0 aliphatic carbocycles. The van der Waals surface area contributed by atoms with E-state index in [1.807, 2.05) is 30.3 Å². The lowest BCUT2D eigenvalue weighted by Gasteiger charge is -2.08. The first kappa shape index (κ1) is 10.2. The highest BCUT2D eigenvalue weighted by Crippen LogP contribution is 2.47. The molecule has 3 heteroatoms. The van der Waals surface area contributed by atoms with Crippen LogP contribution in [0.4, 0.5) is 0 Å². The molecule has 3 aromatic rings. The molecular formula is C15H11NOS. The molecular weight excluding hydrogens is 242 g/mol. The predicted molar refractivity (Wildman–Crippen MR) is 72.8 cm³/mol. The van der Waals surface area contributed by atoms with Crippen LogP contribution >= 0.6 is 11.3 Å². The van der Waals surface area contributed by atoms with Crippen molar-refractivity contribution in [3.05, 3.63) is 65.2 Å². The molecule has 4 rings (SSSR count). The third-order valence-corrected chi connectivity index (χ3v) is 4.49. The smallest absolute Gasteiger partial charge is 0.168 e. The van der Waals surface area contributed by atoms with E-state index < -0.39 is 0 Å². The number of hydrogen-bond donors (Lipinski definition) is 0. The molecule has 0 spiro atoms. The van der Waals surface area contributed by atoms with Crippen LogP contribution < -0.4 is 0 Å². The fourth-order valence-corrected chi connectivity index (χ4v) is 3.36. The zero-order valence-corrected chi connectivity index (χ0v) is 10.5. The highest BCUT2D eigenvalue weighted by atomic mass is 32.1. The molecule has 0 radical (unpaired) electrons. The van der Waals surface area contributed by atoms with Crippen LogP contribution in [0.25, 0.3) is 10.2 Å². The van der Waals surface area contributed by atoms with E-state index in [1.165, 1.54) is 10.3 Å². The molecule has 88 valence electrons. The minimum absolute atomic E-state index is 0.287. The molecule has 0 amide bonds. The number of aromatic nitrogens is 1. The van der Waals surface area contributed by atoms with E-state index in [9.17, 15) is 0 Å². The molecule has 0 N–H and O–H groups in total. The standard InChI is InChI=1S/C15H11NOS/c1-2-6-11(7-3-1)15(10-17-15)14-16-12-8-4-5-9-13(12)18-14/h1-9H,10H2. The molecule has 18 heavy (non-hydrogen) atoms. The number of hydrogen-bond acceptors (Lipinski definition) is 3. The van der Waals surface area contributed by atoms with Crippen LogP contribution in [0.1, 0.15) is 10.6 Å². The van der Waals surface area contributed by atoms with Gasteiger partial charge in [0.15, 0.2) is 5.60 Å². The Kier molecular flexibility index (Phi) is 2.07. The SMILES string of the molecule is c1ccc(C2(c3nc4ccccc4s3)CO2)cc1. The minimum Gasteiger partial charge on any atom is -0.357 e. The number of para-hydroxylation sites is 1. The summed E-state index contributed by atoms with van der Waals surface area (Å²) in [5.41, 5.74) is 1.97. The van der Waals surface area contributed by atoms with Crippen molar-refractivity contribution >= 4 is 21.6 Å². The third kappa shape index (κ3) is 1.41. The monoisotopic (exact) mass is 253 g/mol. The van der Waals surface area contributed by atoms with Crippen molar-refractivity contribution < 1.29 is 4.74 Å². The van der Waals surface area contributed by atoms with Gasteiger partial charge in [0, 0.05) is 0 Å². The molecule has 2 nitrogen and oxygen atoms in total. The second-order valence-electron chi connectivity index (χ2n) is 4.47. The van der Waals surface area contributed by atoms with Gasteiger partial charge in [-0.1, -0.05) is 42.5 Å². The molecule has 2 aromatic carbocycles. The largest absolute Gasteiger partial charge is 0.357 e. The van der Waals surface area contributed by atoms with Gasteiger partial charge in [0.2, 0.25) is 0 Å². The fourth-order valence-electron chi connectivity index (χ4n) is 2.24. The molecule has 1 aliphatic rings. The number of nitrogens with zero attached hydrogens (tertiary/aromatic N) is 1. The fraction of sp³-hybridized carbons (Fsp3) is 0.133. The van der Waals surface area contributed by atoms with Gasteiger partial charge in [-0.05, 0) is 17.7 Å². The van der Waals surface area contributed by atoms with Gasteiger partial charge in [0.25, 0.3) is 0 Å². The van der Waals surface area contributed by atoms with E-state index in [0.29, 0.717) is 0 Å². The van der Waals surface area contributed by atoms with Gasteiger partial charge < -0.3 is 4.74 Å². The second kappa shape index (κ2) is 3.64. The van der Waals surface area contributed by atoms with Crippen LogP contribution in [0.15, 0.2) is 54.6 Å². The number of thiazole rings is 1. The highest BCUT2D eigenvalue weighted by Gasteiger charge is 2.50. The van der Waals surface area contributed by atoms with Crippen molar-refractivity contribution in [1.29, 1.82) is 0 Å². The lowest BCUT2D eigenvalue weighted by molar-refractivity contribution is 0.348. The van der Waals surface area contributed by atoms with Gasteiger partial charge in [0.1, 0.15) is 5.01 Å². The molecule has 1 aromatic heterocycles. The van der Waals surface area contributed by atoms with E-state index in [1.54, 1.807) is 11.3 Å². The Morgan fingerprint density at radius 2 is 1.72 bits per heavy atom. The van der Waals surface area contributed by atoms with Gasteiger partial charge in [0.05, 0.1) is 16.8 Å². The summed E-state index contributed by atoms with van der Waals surface area (Å²) in [7, 11) is 0. The summed E-state index contributed by atoms with van der Waals surface area (Å²) in [6, 6.07) is 18.6. The first-order valence-corrected chi connectivity index (χ1v) is 6.76. The molecule has 2 heterocycles. The first-order valence-electron chi connectivity index (χ1n) is 5.94. The van der Waals surface area contributed by atoms with Crippen LogP contribution in [0, 0.1) is 0 Å². The maximum Gasteiger partial charge on any atom is 0.168 e. The van der Waals surface area contributed by atoms with Gasteiger partial charge >= 0.3 is 0 Å². The normalized spacial score (nSPS) is 22.2. The zero-order valence-electron chi connectivity index (χ0n) is 9.67. The Hall–Kier alpha value is -1.71. The quantitative estimate of drug-likeness (QED) is 0.652. The molecule has 1 aliphatic heterocycles.